The largest absolute Gasteiger partial charge is 0.462 e. The Hall–Kier alpha value is -1.85. The third-order valence-corrected chi connectivity index (χ3v) is 11.5. The van der Waals surface area contributed by atoms with Crippen molar-refractivity contribution in [2.75, 3.05) is 13.2 Å². The summed E-state index contributed by atoms with van der Waals surface area (Å²) in [5.74, 6) is -0.859. The maximum absolute atomic E-state index is 12.7. The lowest BCUT2D eigenvalue weighted by Crippen LogP contribution is -2.30. The number of carbonyl (C=O) groups excluding carboxylic acids is 3. The Morgan fingerprint density at radius 1 is 0.328 bits per heavy atom. The first kappa shape index (κ1) is 56.1. The van der Waals surface area contributed by atoms with Crippen LogP contribution in [0.25, 0.3) is 0 Å². The molecule has 0 N–H and O–H groups in total. The summed E-state index contributed by atoms with van der Waals surface area (Å²) >= 11 is 0. The average Bonchev–Trinajstić information content (AvgIpc) is 3.22. The minimum atomic E-state index is -0.763. The molecule has 0 heterocycles. The molecule has 0 radical (unpaired) electrons. The van der Waals surface area contributed by atoms with E-state index in [4.69, 9.17) is 14.2 Å². The molecule has 0 aromatic carbocycles. The van der Waals surface area contributed by atoms with Gasteiger partial charge >= 0.3 is 17.9 Å². The van der Waals surface area contributed by atoms with E-state index in [0.29, 0.717) is 19.3 Å². The van der Waals surface area contributed by atoms with Crippen LogP contribution in [0.15, 0.2) is 12.2 Å². The molecular weight excluding hydrogens is 721 g/mol. The smallest absolute Gasteiger partial charge is 0.306 e. The van der Waals surface area contributed by atoms with E-state index >= 15 is 0 Å². The maximum atomic E-state index is 12.7. The minimum Gasteiger partial charge on any atom is -0.462 e. The molecule has 0 bridgehead atoms. The molecule has 0 aliphatic rings. The van der Waals surface area contributed by atoms with E-state index < -0.39 is 6.10 Å². The highest BCUT2D eigenvalue weighted by Crippen LogP contribution is 2.16. The number of hydrogen-bond acceptors (Lipinski definition) is 6. The van der Waals surface area contributed by atoms with E-state index in [1.54, 1.807) is 0 Å². The molecule has 0 aromatic rings. The fraction of sp³-hybridized carbons (Fsp3) is 0.904. The predicted octanol–water partition coefficient (Wildman–Crippen LogP) is 16.6. The molecule has 0 aliphatic carbocycles. The first-order valence-corrected chi connectivity index (χ1v) is 25.7. The molecule has 0 saturated carbocycles. The van der Waals surface area contributed by atoms with Crippen molar-refractivity contribution < 1.29 is 28.6 Å². The van der Waals surface area contributed by atoms with Crippen molar-refractivity contribution in [3.05, 3.63) is 12.2 Å². The summed E-state index contributed by atoms with van der Waals surface area (Å²) in [6, 6.07) is 0. The summed E-state index contributed by atoms with van der Waals surface area (Å²) in [6.45, 7) is 6.64. The molecule has 342 valence electrons. The number of unbranched alkanes of at least 4 members (excludes halogenated alkanes) is 34. The van der Waals surface area contributed by atoms with Gasteiger partial charge in [0.1, 0.15) is 13.2 Å². The van der Waals surface area contributed by atoms with Crippen molar-refractivity contribution in [2.45, 2.75) is 290 Å². The van der Waals surface area contributed by atoms with E-state index in [9.17, 15) is 14.4 Å². The lowest BCUT2D eigenvalue weighted by molar-refractivity contribution is -0.167. The monoisotopic (exact) mass is 819 g/mol. The number of esters is 3. The normalized spacial score (nSPS) is 12.0. The Labute approximate surface area is 360 Å². The van der Waals surface area contributed by atoms with Gasteiger partial charge in [0.05, 0.1) is 0 Å². The van der Waals surface area contributed by atoms with E-state index in [1.165, 1.54) is 186 Å². The molecule has 0 spiro atoms. The summed E-state index contributed by atoms with van der Waals surface area (Å²) in [5.41, 5.74) is 0. The Bertz CT molecular complexity index is 900. The summed E-state index contributed by atoms with van der Waals surface area (Å²) < 4.78 is 16.8. The number of hydrogen-bond donors (Lipinski definition) is 0. The highest BCUT2D eigenvalue weighted by molar-refractivity contribution is 5.71. The molecular formula is C52H98O6. The van der Waals surface area contributed by atoms with Gasteiger partial charge in [-0.3, -0.25) is 14.4 Å². The van der Waals surface area contributed by atoms with Gasteiger partial charge < -0.3 is 14.2 Å². The first-order chi connectivity index (χ1) is 28.5. The van der Waals surface area contributed by atoms with Crippen LogP contribution in [0.2, 0.25) is 0 Å². The molecule has 0 unspecified atom stereocenters. The minimum absolute atomic E-state index is 0.0666. The lowest BCUT2D eigenvalue weighted by Gasteiger charge is -2.18. The zero-order chi connectivity index (χ0) is 42.3. The van der Waals surface area contributed by atoms with Crippen LogP contribution in [0.5, 0.6) is 0 Å². The van der Waals surface area contributed by atoms with E-state index in [0.717, 1.165) is 57.8 Å². The zero-order valence-corrected chi connectivity index (χ0v) is 39.1. The van der Waals surface area contributed by atoms with Crippen LogP contribution in [0, 0.1) is 0 Å². The molecule has 0 fully saturated rings. The van der Waals surface area contributed by atoms with Crippen LogP contribution in [-0.2, 0) is 28.6 Å². The van der Waals surface area contributed by atoms with Gasteiger partial charge in [-0.1, -0.05) is 232 Å². The van der Waals surface area contributed by atoms with Crippen LogP contribution < -0.4 is 0 Å². The van der Waals surface area contributed by atoms with Crippen molar-refractivity contribution in [1.82, 2.24) is 0 Å². The van der Waals surface area contributed by atoms with E-state index in [1.807, 2.05) is 0 Å². The van der Waals surface area contributed by atoms with Crippen LogP contribution >= 0.6 is 0 Å². The summed E-state index contributed by atoms with van der Waals surface area (Å²) in [5, 5.41) is 0. The average molecular weight is 819 g/mol. The van der Waals surface area contributed by atoms with Gasteiger partial charge in [0, 0.05) is 19.3 Å². The summed E-state index contributed by atoms with van der Waals surface area (Å²) in [4.78, 5) is 37.8. The molecule has 0 amide bonds. The highest BCUT2D eigenvalue weighted by Gasteiger charge is 2.19. The van der Waals surface area contributed by atoms with Gasteiger partial charge in [-0.2, -0.15) is 0 Å². The molecule has 6 nitrogen and oxygen atoms in total. The molecule has 0 saturated heterocycles. The molecule has 58 heavy (non-hydrogen) atoms. The number of ether oxygens (including phenoxy) is 3. The van der Waals surface area contributed by atoms with Crippen molar-refractivity contribution in [1.29, 1.82) is 0 Å². The third-order valence-electron chi connectivity index (χ3n) is 11.5. The topological polar surface area (TPSA) is 78.9 Å². The molecule has 0 aliphatic heterocycles. The van der Waals surface area contributed by atoms with Crippen molar-refractivity contribution in [2.24, 2.45) is 0 Å². The Balaban J connectivity index is 4.25. The SMILES string of the molecule is CCCCCCCCCC/C=C\CCCCCCCCCC(=O)OC[C@@H](COC(=O)CCCCCCCCCCCC)OC(=O)CCCCCCCCCCCCC. The number of allylic oxidation sites excluding steroid dienone is 2. The Kier molecular flexibility index (Phi) is 46.3. The fourth-order valence-corrected chi connectivity index (χ4v) is 7.61. The second-order valence-electron chi connectivity index (χ2n) is 17.4. The quantitative estimate of drug-likeness (QED) is 0.0263. The van der Waals surface area contributed by atoms with Gasteiger partial charge in [0.2, 0.25) is 0 Å². The van der Waals surface area contributed by atoms with Crippen LogP contribution in [0.1, 0.15) is 284 Å². The highest BCUT2D eigenvalue weighted by atomic mass is 16.6. The predicted molar refractivity (Wildman–Crippen MR) is 247 cm³/mol. The first-order valence-electron chi connectivity index (χ1n) is 25.7. The van der Waals surface area contributed by atoms with Crippen LogP contribution in [0.3, 0.4) is 0 Å². The van der Waals surface area contributed by atoms with Gasteiger partial charge in [0.15, 0.2) is 6.10 Å². The summed E-state index contributed by atoms with van der Waals surface area (Å²) in [6.07, 6.45) is 52.0. The van der Waals surface area contributed by atoms with Gasteiger partial charge in [0.25, 0.3) is 0 Å². The third kappa shape index (κ3) is 45.2. The second kappa shape index (κ2) is 47.8. The molecule has 1 atom stereocenters. The lowest BCUT2D eigenvalue weighted by atomic mass is 10.1. The summed E-state index contributed by atoms with van der Waals surface area (Å²) in [7, 11) is 0. The van der Waals surface area contributed by atoms with E-state index in [-0.39, 0.29) is 31.1 Å². The number of rotatable bonds is 47. The standard InChI is InChI=1S/C52H98O6/c1-4-7-10-13-16-19-22-23-24-25-26-27-28-29-31-33-36-39-42-45-51(54)57-48-49(47-56-50(53)44-41-38-35-32-21-18-15-12-9-6-3)58-52(55)46-43-40-37-34-30-20-17-14-11-8-5-2/h25-26,49H,4-24,27-48H2,1-3H3/b26-25-/t49-/m1/s1. The van der Waals surface area contributed by atoms with Gasteiger partial charge in [-0.15, -0.1) is 0 Å². The fourth-order valence-electron chi connectivity index (χ4n) is 7.61. The number of carbonyl (C=O) groups is 3. The Morgan fingerprint density at radius 2 is 0.569 bits per heavy atom. The van der Waals surface area contributed by atoms with E-state index in [2.05, 4.69) is 32.9 Å². The van der Waals surface area contributed by atoms with Crippen molar-refractivity contribution in [3.63, 3.8) is 0 Å². The van der Waals surface area contributed by atoms with Crippen molar-refractivity contribution >= 4 is 17.9 Å². The van der Waals surface area contributed by atoms with Crippen LogP contribution in [-0.4, -0.2) is 37.2 Å². The molecule has 0 aromatic heterocycles. The maximum Gasteiger partial charge on any atom is 0.306 e. The second-order valence-corrected chi connectivity index (χ2v) is 17.4. The molecule has 6 heteroatoms. The van der Waals surface area contributed by atoms with Crippen LogP contribution in [0.4, 0.5) is 0 Å². The van der Waals surface area contributed by atoms with Gasteiger partial charge in [-0.25, -0.2) is 0 Å². The molecule has 0 rings (SSSR count). The van der Waals surface area contributed by atoms with Crippen molar-refractivity contribution in [3.8, 4) is 0 Å². The van der Waals surface area contributed by atoms with Gasteiger partial charge in [-0.05, 0) is 44.9 Å². The Morgan fingerprint density at radius 3 is 0.862 bits per heavy atom. The zero-order valence-electron chi connectivity index (χ0n) is 39.1.